The van der Waals surface area contributed by atoms with E-state index in [1.807, 2.05) is 13.8 Å². The highest BCUT2D eigenvalue weighted by molar-refractivity contribution is 6.29. The van der Waals surface area contributed by atoms with Gasteiger partial charge in [0.1, 0.15) is 6.10 Å². The van der Waals surface area contributed by atoms with Gasteiger partial charge < -0.3 is 9.47 Å². The van der Waals surface area contributed by atoms with E-state index < -0.39 is 11.6 Å². The molecule has 1 aliphatic heterocycles. The largest absolute Gasteiger partial charge is 0.347 e. The molecule has 1 aromatic rings. The molecule has 82 valence electrons. The van der Waals surface area contributed by atoms with E-state index in [4.69, 9.17) is 21.1 Å². The van der Waals surface area contributed by atoms with E-state index >= 15 is 0 Å². The molecule has 0 aliphatic carbocycles. The summed E-state index contributed by atoms with van der Waals surface area (Å²) in [6.07, 6.45) is 1.22. The minimum atomic E-state index is -0.624. The number of halogens is 2. The lowest BCUT2D eigenvalue weighted by Gasteiger charge is -2.17. The normalized spacial score (nSPS) is 24.4. The summed E-state index contributed by atoms with van der Waals surface area (Å²) >= 11 is 5.49. The zero-order valence-electron chi connectivity index (χ0n) is 8.46. The lowest BCUT2D eigenvalue weighted by atomic mass is 10.2. The smallest absolute Gasteiger partial charge is 0.164 e. The summed E-state index contributed by atoms with van der Waals surface area (Å²) in [6.45, 7) is 4.02. The fraction of sp³-hybridized carbons (Fsp3) is 0.500. The van der Waals surface area contributed by atoms with Crippen LogP contribution in [0.2, 0.25) is 5.15 Å². The monoisotopic (exact) mass is 231 g/mol. The molecule has 3 nitrogen and oxygen atoms in total. The van der Waals surface area contributed by atoms with Gasteiger partial charge in [-0.05, 0) is 19.9 Å². The number of nitrogens with zero attached hydrogens (tertiary/aromatic N) is 1. The number of aromatic nitrogens is 1. The Labute approximate surface area is 92.2 Å². The molecule has 1 saturated heterocycles. The predicted molar refractivity (Wildman–Crippen MR) is 53.1 cm³/mol. The van der Waals surface area contributed by atoms with Crippen LogP contribution in [-0.4, -0.2) is 17.4 Å². The van der Waals surface area contributed by atoms with Crippen LogP contribution >= 0.6 is 11.6 Å². The van der Waals surface area contributed by atoms with E-state index in [1.54, 1.807) is 0 Å². The molecule has 1 fully saturated rings. The van der Waals surface area contributed by atoms with Gasteiger partial charge >= 0.3 is 0 Å². The van der Waals surface area contributed by atoms with Gasteiger partial charge in [-0.3, -0.25) is 0 Å². The molecule has 0 N–H and O–H groups in total. The van der Waals surface area contributed by atoms with E-state index in [0.717, 1.165) is 0 Å². The molecule has 2 rings (SSSR count). The molecule has 1 atom stereocenters. The SMILES string of the molecule is CC1(C)OCC(c2cnc(Cl)c(F)c2)O1. The van der Waals surface area contributed by atoms with Crippen LogP contribution in [0.25, 0.3) is 0 Å². The number of pyridine rings is 1. The lowest BCUT2D eigenvalue weighted by Crippen LogP contribution is -2.19. The van der Waals surface area contributed by atoms with Crippen molar-refractivity contribution in [2.75, 3.05) is 6.61 Å². The van der Waals surface area contributed by atoms with Crippen molar-refractivity contribution in [2.45, 2.75) is 25.7 Å². The maximum atomic E-state index is 13.1. The van der Waals surface area contributed by atoms with Crippen LogP contribution in [-0.2, 0) is 9.47 Å². The molecule has 15 heavy (non-hydrogen) atoms. The maximum Gasteiger partial charge on any atom is 0.164 e. The van der Waals surface area contributed by atoms with Gasteiger partial charge in [0.2, 0.25) is 0 Å². The first kappa shape index (κ1) is 10.8. The average Bonchev–Trinajstić information content (AvgIpc) is 2.51. The molecule has 0 radical (unpaired) electrons. The van der Waals surface area contributed by atoms with Crippen molar-refractivity contribution in [1.82, 2.24) is 4.98 Å². The van der Waals surface area contributed by atoms with Gasteiger partial charge in [-0.1, -0.05) is 11.6 Å². The Balaban J connectivity index is 2.21. The van der Waals surface area contributed by atoms with Crippen molar-refractivity contribution in [3.05, 3.63) is 28.8 Å². The highest BCUT2D eigenvalue weighted by atomic mass is 35.5. The van der Waals surface area contributed by atoms with Crippen LogP contribution in [0.4, 0.5) is 4.39 Å². The lowest BCUT2D eigenvalue weighted by molar-refractivity contribution is -0.139. The van der Waals surface area contributed by atoms with Crippen LogP contribution in [0.15, 0.2) is 12.3 Å². The van der Waals surface area contributed by atoms with Crippen molar-refractivity contribution in [2.24, 2.45) is 0 Å². The molecule has 0 spiro atoms. The van der Waals surface area contributed by atoms with Crippen LogP contribution in [0.3, 0.4) is 0 Å². The highest BCUT2D eigenvalue weighted by Gasteiger charge is 2.33. The van der Waals surface area contributed by atoms with Gasteiger partial charge in [-0.2, -0.15) is 0 Å². The number of ether oxygens (including phenoxy) is 2. The summed E-state index contributed by atoms with van der Waals surface area (Å²) < 4.78 is 24.1. The Hall–Kier alpha value is -0.710. The zero-order chi connectivity index (χ0) is 11.1. The summed E-state index contributed by atoms with van der Waals surface area (Å²) in [5, 5.41) is -0.128. The molecule has 1 unspecified atom stereocenters. The van der Waals surface area contributed by atoms with Gasteiger partial charge in [-0.25, -0.2) is 9.37 Å². The van der Waals surface area contributed by atoms with Gasteiger partial charge in [0.05, 0.1) is 6.61 Å². The van der Waals surface area contributed by atoms with Crippen molar-refractivity contribution >= 4 is 11.6 Å². The topological polar surface area (TPSA) is 31.4 Å². The molecule has 5 heteroatoms. The second-order valence-corrected chi connectivity index (χ2v) is 4.22. The van der Waals surface area contributed by atoms with Crippen LogP contribution < -0.4 is 0 Å². The quantitative estimate of drug-likeness (QED) is 0.697. The zero-order valence-corrected chi connectivity index (χ0v) is 9.21. The summed E-state index contributed by atoms with van der Waals surface area (Å²) in [4.78, 5) is 3.73. The Morgan fingerprint density at radius 3 is 2.87 bits per heavy atom. The molecule has 2 heterocycles. The summed E-state index contributed by atoms with van der Waals surface area (Å²) in [6, 6.07) is 1.32. The number of rotatable bonds is 1. The summed E-state index contributed by atoms with van der Waals surface area (Å²) in [5.41, 5.74) is 0.641. The van der Waals surface area contributed by atoms with Crippen molar-refractivity contribution < 1.29 is 13.9 Å². The number of hydrogen-bond acceptors (Lipinski definition) is 3. The third-order valence-electron chi connectivity index (χ3n) is 2.20. The van der Waals surface area contributed by atoms with Crippen LogP contribution in [0.5, 0.6) is 0 Å². The van der Waals surface area contributed by atoms with E-state index in [2.05, 4.69) is 4.98 Å². The Kier molecular flexibility index (Phi) is 2.66. The Morgan fingerprint density at radius 1 is 1.60 bits per heavy atom. The first-order chi connectivity index (χ1) is 6.98. The van der Waals surface area contributed by atoms with Gasteiger partial charge in [0.25, 0.3) is 0 Å². The third kappa shape index (κ3) is 2.27. The van der Waals surface area contributed by atoms with E-state index in [1.165, 1.54) is 12.3 Å². The summed E-state index contributed by atoms with van der Waals surface area (Å²) in [7, 11) is 0. The second kappa shape index (κ2) is 3.70. The predicted octanol–water partition coefficient (Wildman–Crippen LogP) is 2.70. The van der Waals surface area contributed by atoms with Gasteiger partial charge in [0, 0.05) is 11.8 Å². The molecule has 1 aliphatic rings. The first-order valence-corrected chi connectivity index (χ1v) is 4.98. The second-order valence-electron chi connectivity index (χ2n) is 3.86. The maximum absolute atomic E-state index is 13.1. The highest BCUT2D eigenvalue weighted by Crippen LogP contribution is 2.33. The van der Waals surface area contributed by atoms with Crippen LogP contribution in [0.1, 0.15) is 25.5 Å². The van der Waals surface area contributed by atoms with Crippen molar-refractivity contribution in [3.8, 4) is 0 Å². The third-order valence-corrected chi connectivity index (χ3v) is 2.48. The number of hydrogen-bond donors (Lipinski definition) is 0. The minimum Gasteiger partial charge on any atom is -0.347 e. The molecule has 1 aromatic heterocycles. The Morgan fingerprint density at radius 2 is 2.33 bits per heavy atom. The molecular weight excluding hydrogens is 221 g/mol. The van der Waals surface area contributed by atoms with Crippen LogP contribution in [0, 0.1) is 5.82 Å². The molecular formula is C10H11ClFNO2. The average molecular weight is 232 g/mol. The minimum absolute atomic E-state index is 0.128. The van der Waals surface area contributed by atoms with Gasteiger partial charge in [0.15, 0.2) is 16.8 Å². The fourth-order valence-electron chi connectivity index (χ4n) is 1.46. The fourth-order valence-corrected chi connectivity index (χ4v) is 1.57. The van der Waals surface area contributed by atoms with Crippen molar-refractivity contribution in [1.29, 1.82) is 0 Å². The molecule has 0 aromatic carbocycles. The van der Waals surface area contributed by atoms with E-state index in [9.17, 15) is 4.39 Å². The molecule has 0 bridgehead atoms. The van der Waals surface area contributed by atoms with E-state index in [-0.39, 0.29) is 11.3 Å². The first-order valence-electron chi connectivity index (χ1n) is 4.61. The molecule has 0 saturated carbocycles. The molecule has 0 amide bonds. The van der Waals surface area contributed by atoms with E-state index in [0.29, 0.717) is 12.2 Å². The Bertz CT molecular complexity index is 384. The standard InChI is InChI=1S/C10H11ClFNO2/c1-10(2)14-5-8(15-10)6-3-7(12)9(11)13-4-6/h3-4,8H,5H2,1-2H3. The van der Waals surface area contributed by atoms with Crippen molar-refractivity contribution in [3.63, 3.8) is 0 Å². The van der Waals surface area contributed by atoms with Gasteiger partial charge in [-0.15, -0.1) is 0 Å². The summed E-state index contributed by atoms with van der Waals surface area (Å²) in [5.74, 6) is -1.16.